The van der Waals surface area contributed by atoms with Crippen LogP contribution in [0.5, 0.6) is 0 Å². The van der Waals surface area contributed by atoms with Crippen molar-refractivity contribution in [2.75, 3.05) is 7.11 Å². The number of benzene rings is 1. The molecule has 1 aromatic heterocycles. The molecule has 0 saturated carbocycles. The average Bonchev–Trinajstić information content (AvgIpc) is 2.69. The summed E-state index contributed by atoms with van der Waals surface area (Å²) >= 11 is 11.8. The van der Waals surface area contributed by atoms with Gasteiger partial charge in [-0.15, -0.1) is 5.10 Å². The highest BCUT2D eigenvalue weighted by Crippen LogP contribution is 2.21. The van der Waals surface area contributed by atoms with E-state index in [4.69, 9.17) is 23.2 Å². The smallest absolute Gasteiger partial charge is 0.360 e. The van der Waals surface area contributed by atoms with E-state index < -0.39 is 5.97 Å². The van der Waals surface area contributed by atoms with E-state index in [1.165, 1.54) is 11.9 Å². The minimum atomic E-state index is -0.535. The quantitative estimate of drug-likeness (QED) is 0.796. The number of hydrogen-bond acceptors (Lipinski definition) is 4. The van der Waals surface area contributed by atoms with Crippen LogP contribution in [0.1, 0.15) is 16.2 Å². The lowest BCUT2D eigenvalue weighted by molar-refractivity contribution is 0.0592. The maximum Gasteiger partial charge on any atom is 0.360 e. The number of rotatable bonds is 2. The van der Waals surface area contributed by atoms with Gasteiger partial charge < -0.3 is 4.74 Å². The minimum absolute atomic E-state index is 0.161. The molecule has 0 bridgehead atoms. The van der Waals surface area contributed by atoms with Crippen LogP contribution in [0.2, 0.25) is 10.0 Å². The minimum Gasteiger partial charge on any atom is -0.464 e. The van der Waals surface area contributed by atoms with Gasteiger partial charge in [-0.2, -0.15) is 9.90 Å². The van der Waals surface area contributed by atoms with Crippen LogP contribution in [0, 0.1) is 6.92 Å². The molecule has 2 rings (SSSR count). The van der Waals surface area contributed by atoms with Crippen LogP contribution in [-0.4, -0.2) is 28.1 Å². The molecule has 0 N–H and O–H groups in total. The van der Waals surface area contributed by atoms with Gasteiger partial charge in [0, 0.05) is 10.0 Å². The van der Waals surface area contributed by atoms with Crippen molar-refractivity contribution in [1.82, 2.24) is 15.0 Å². The lowest BCUT2D eigenvalue weighted by Crippen LogP contribution is -2.05. The Kier molecular flexibility index (Phi) is 3.54. The largest absolute Gasteiger partial charge is 0.464 e. The number of nitrogens with zero attached hydrogens (tertiary/aromatic N) is 3. The van der Waals surface area contributed by atoms with Crippen molar-refractivity contribution in [3.05, 3.63) is 39.6 Å². The molecule has 0 unspecified atom stereocenters. The van der Waals surface area contributed by atoms with Crippen molar-refractivity contribution in [3.8, 4) is 5.69 Å². The van der Waals surface area contributed by atoms with Gasteiger partial charge in [0.15, 0.2) is 5.69 Å². The molecule has 1 heterocycles. The van der Waals surface area contributed by atoms with Crippen LogP contribution in [0.25, 0.3) is 5.69 Å². The zero-order valence-electron chi connectivity index (χ0n) is 9.65. The van der Waals surface area contributed by atoms with E-state index in [9.17, 15) is 4.79 Å². The molecule has 0 aliphatic rings. The summed E-state index contributed by atoms with van der Waals surface area (Å²) in [7, 11) is 1.29. The fourth-order valence-electron chi connectivity index (χ4n) is 1.43. The Hall–Kier alpha value is -1.59. The van der Waals surface area contributed by atoms with Gasteiger partial charge in [0.25, 0.3) is 0 Å². The van der Waals surface area contributed by atoms with Gasteiger partial charge in [-0.25, -0.2) is 4.79 Å². The molecule has 0 aliphatic carbocycles. The van der Waals surface area contributed by atoms with E-state index in [2.05, 4.69) is 14.9 Å². The Morgan fingerprint density at radius 2 is 1.83 bits per heavy atom. The molecular formula is C11H9Cl2N3O2. The van der Waals surface area contributed by atoms with Crippen LogP contribution in [-0.2, 0) is 4.74 Å². The monoisotopic (exact) mass is 285 g/mol. The summed E-state index contributed by atoms with van der Waals surface area (Å²) in [5.41, 5.74) is 1.21. The van der Waals surface area contributed by atoms with Crippen molar-refractivity contribution >= 4 is 29.2 Å². The van der Waals surface area contributed by atoms with Gasteiger partial charge >= 0.3 is 5.97 Å². The number of aromatic nitrogens is 3. The van der Waals surface area contributed by atoms with Crippen molar-refractivity contribution in [2.24, 2.45) is 0 Å². The van der Waals surface area contributed by atoms with Gasteiger partial charge in [0.2, 0.25) is 0 Å². The molecule has 94 valence electrons. The third-order valence-electron chi connectivity index (χ3n) is 2.24. The molecular weight excluding hydrogens is 277 g/mol. The van der Waals surface area contributed by atoms with Gasteiger partial charge in [0.1, 0.15) is 0 Å². The van der Waals surface area contributed by atoms with Gasteiger partial charge in [-0.3, -0.25) is 0 Å². The molecule has 0 spiro atoms. The fourth-order valence-corrected chi connectivity index (χ4v) is 1.95. The highest BCUT2D eigenvalue weighted by atomic mass is 35.5. The second kappa shape index (κ2) is 4.96. The Labute approximate surface area is 113 Å². The Bertz CT molecular complexity index is 590. The summed E-state index contributed by atoms with van der Waals surface area (Å²) < 4.78 is 4.61. The van der Waals surface area contributed by atoms with E-state index in [1.807, 2.05) is 0 Å². The molecule has 0 fully saturated rings. The molecule has 7 heteroatoms. The molecule has 0 amide bonds. The average molecular weight is 286 g/mol. The lowest BCUT2D eigenvalue weighted by Gasteiger charge is -2.01. The number of carbonyl (C=O) groups excluding carboxylic acids is 1. The van der Waals surface area contributed by atoms with Gasteiger partial charge in [0.05, 0.1) is 18.5 Å². The first kappa shape index (κ1) is 12.9. The third kappa shape index (κ3) is 2.47. The topological polar surface area (TPSA) is 57.0 Å². The summed E-state index contributed by atoms with van der Waals surface area (Å²) in [6.07, 6.45) is 0. The van der Waals surface area contributed by atoms with E-state index >= 15 is 0 Å². The summed E-state index contributed by atoms with van der Waals surface area (Å²) in [4.78, 5) is 12.7. The normalized spacial score (nSPS) is 10.4. The summed E-state index contributed by atoms with van der Waals surface area (Å²) in [6.45, 7) is 1.67. The van der Waals surface area contributed by atoms with Crippen LogP contribution in [0.3, 0.4) is 0 Å². The number of ether oxygens (including phenoxy) is 1. The van der Waals surface area contributed by atoms with E-state index in [0.29, 0.717) is 21.4 Å². The standard InChI is InChI=1S/C11H9Cl2N3O2/c1-6-10(11(17)18-2)15-16(14-6)9-4-7(12)3-8(13)5-9/h3-5H,1-2H3. The second-order valence-electron chi connectivity index (χ2n) is 3.54. The van der Waals surface area contributed by atoms with E-state index in [1.54, 1.807) is 25.1 Å². The van der Waals surface area contributed by atoms with Crippen LogP contribution in [0.4, 0.5) is 0 Å². The Morgan fingerprint density at radius 1 is 1.22 bits per heavy atom. The van der Waals surface area contributed by atoms with Crippen LogP contribution in [0.15, 0.2) is 18.2 Å². The SMILES string of the molecule is COC(=O)c1nn(-c2cc(Cl)cc(Cl)c2)nc1C. The van der Waals surface area contributed by atoms with Crippen LogP contribution >= 0.6 is 23.2 Å². The van der Waals surface area contributed by atoms with E-state index in [0.717, 1.165) is 0 Å². The molecule has 5 nitrogen and oxygen atoms in total. The lowest BCUT2D eigenvalue weighted by atomic mass is 10.3. The number of methoxy groups -OCH3 is 1. The Balaban J connectivity index is 2.48. The predicted octanol–water partition coefficient (Wildman–Crippen LogP) is 2.67. The van der Waals surface area contributed by atoms with Gasteiger partial charge in [-0.1, -0.05) is 23.2 Å². The Morgan fingerprint density at radius 3 is 2.39 bits per heavy atom. The summed E-state index contributed by atoms with van der Waals surface area (Å²) in [5, 5.41) is 9.10. The number of carbonyl (C=O) groups is 1. The zero-order chi connectivity index (χ0) is 13.3. The van der Waals surface area contributed by atoms with Crippen molar-refractivity contribution in [1.29, 1.82) is 0 Å². The molecule has 1 aromatic carbocycles. The first-order valence-electron chi connectivity index (χ1n) is 5.00. The molecule has 2 aromatic rings. The summed E-state index contributed by atoms with van der Waals surface area (Å²) in [5.74, 6) is -0.535. The van der Waals surface area contributed by atoms with Crippen molar-refractivity contribution in [2.45, 2.75) is 6.92 Å². The molecule has 0 aliphatic heterocycles. The number of hydrogen-bond donors (Lipinski definition) is 0. The van der Waals surface area contributed by atoms with Crippen LogP contribution < -0.4 is 0 Å². The second-order valence-corrected chi connectivity index (χ2v) is 4.42. The maximum absolute atomic E-state index is 11.4. The highest BCUT2D eigenvalue weighted by molar-refractivity contribution is 6.34. The first-order chi connectivity index (χ1) is 8.51. The molecule has 18 heavy (non-hydrogen) atoms. The van der Waals surface area contributed by atoms with Crippen molar-refractivity contribution < 1.29 is 9.53 Å². The molecule has 0 radical (unpaired) electrons. The zero-order valence-corrected chi connectivity index (χ0v) is 11.2. The number of halogens is 2. The molecule has 0 atom stereocenters. The van der Waals surface area contributed by atoms with Gasteiger partial charge in [-0.05, 0) is 25.1 Å². The fraction of sp³-hybridized carbons (Fsp3) is 0.182. The first-order valence-corrected chi connectivity index (χ1v) is 5.75. The van der Waals surface area contributed by atoms with E-state index in [-0.39, 0.29) is 5.69 Å². The summed E-state index contributed by atoms with van der Waals surface area (Å²) in [6, 6.07) is 4.89. The predicted molar refractivity (Wildman–Crippen MR) is 67.5 cm³/mol. The van der Waals surface area contributed by atoms with Crippen molar-refractivity contribution in [3.63, 3.8) is 0 Å². The number of esters is 1. The highest BCUT2D eigenvalue weighted by Gasteiger charge is 2.16. The molecule has 0 saturated heterocycles. The maximum atomic E-state index is 11.4. The third-order valence-corrected chi connectivity index (χ3v) is 2.68. The number of aryl methyl sites for hydroxylation is 1.